The molecule has 0 aliphatic carbocycles. The van der Waals surface area contributed by atoms with Gasteiger partial charge in [0, 0.05) is 19.1 Å². The number of nitrogens with one attached hydrogen (secondary N) is 1. The lowest BCUT2D eigenvalue weighted by Gasteiger charge is -2.33. The van der Waals surface area contributed by atoms with Gasteiger partial charge in [-0.25, -0.2) is 0 Å². The molecule has 3 rings (SSSR count). The van der Waals surface area contributed by atoms with Gasteiger partial charge in [-0.2, -0.15) is 0 Å². The van der Waals surface area contributed by atoms with Gasteiger partial charge in [0.05, 0.1) is 18.8 Å². The molecule has 2 aliphatic heterocycles. The minimum absolute atomic E-state index is 0.129. The van der Waals surface area contributed by atoms with E-state index in [1.165, 1.54) is 5.56 Å². The van der Waals surface area contributed by atoms with Gasteiger partial charge < -0.3 is 25.2 Å². The Morgan fingerprint density at radius 3 is 2.54 bits per heavy atom. The van der Waals surface area contributed by atoms with Gasteiger partial charge in [0.25, 0.3) is 0 Å². The maximum Gasteiger partial charge on any atom is 0.109 e. The second kappa shape index (κ2) is 9.26. The van der Waals surface area contributed by atoms with Crippen molar-refractivity contribution in [3.05, 3.63) is 35.9 Å². The van der Waals surface area contributed by atoms with Crippen molar-refractivity contribution in [2.45, 2.75) is 49.8 Å². The Balaban J connectivity index is 1.60. The lowest BCUT2D eigenvalue weighted by molar-refractivity contribution is -0.0221. The summed E-state index contributed by atoms with van der Waals surface area (Å²) in [6.45, 7) is 3.52. The maximum absolute atomic E-state index is 10.7. The topological polar surface area (TPSA) is 68.2 Å². The van der Waals surface area contributed by atoms with Crippen molar-refractivity contribution < 1.29 is 14.9 Å². The first kappa shape index (κ1) is 19.7. The Bertz CT molecular complexity index is 536. The molecule has 3 N–H and O–H groups in total. The monoisotopic (exact) mass is 363 g/mol. The number of hydrogen-bond donors (Lipinski definition) is 3. The number of aliphatic hydroxyl groups is 2. The molecular formula is C20H33N3O3. The predicted octanol–water partition coefficient (Wildman–Crippen LogP) is 0.291. The van der Waals surface area contributed by atoms with E-state index in [2.05, 4.69) is 34.3 Å². The summed E-state index contributed by atoms with van der Waals surface area (Å²) in [6.07, 6.45) is 0.954. The highest BCUT2D eigenvalue weighted by Gasteiger charge is 2.45. The molecular weight excluding hydrogens is 330 g/mol. The first-order valence-corrected chi connectivity index (χ1v) is 9.69. The average Bonchev–Trinajstić information content (AvgIpc) is 2.97. The fourth-order valence-electron chi connectivity index (χ4n) is 4.16. The zero-order valence-electron chi connectivity index (χ0n) is 15.9. The number of rotatable bonds is 7. The molecule has 0 saturated carbocycles. The number of ether oxygens (including phenoxy) is 1. The molecule has 0 unspecified atom stereocenters. The van der Waals surface area contributed by atoms with Crippen molar-refractivity contribution in [3.8, 4) is 0 Å². The van der Waals surface area contributed by atoms with E-state index >= 15 is 0 Å². The third kappa shape index (κ3) is 4.82. The summed E-state index contributed by atoms with van der Waals surface area (Å²) in [7, 11) is 4.18. The van der Waals surface area contributed by atoms with Gasteiger partial charge in [-0.15, -0.1) is 0 Å². The summed E-state index contributed by atoms with van der Waals surface area (Å²) < 4.78 is 5.99. The van der Waals surface area contributed by atoms with E-state index in [-0.39, 0.29) is 18.8 Å². The molecule has 6 nitrogen and oxygen atoms in total. The SMILES string of the molecule is CN1CCC(NC[C@H]2O[C@@H](CO)[C@@H](O)[C@@H]2N(C)Cc2ccccc2)CC1. The highest BCUT2D eigenvalue weighted by atomic mass is 16.5. The molecule has 0 bridgehead atoms. The quantitative estimate of drug-likeness (QED) is 0.647. The summed E-state index contributed by atoms with van der Waals surface area (Å²) in [6, 6.07) is 10.6. The minimum Gasteiger partial charge on any atom is -0.394 e. The Labute approximate surface area is 156 Å². The number of hydrogen-bond acceptors (Lipinski definition) is 6. The molecule has 0 amide bonds. The van der Waals surface area contributed by atoms with Crippen molar-refractivity contribution in [1.29, 1.82) is 0 Å². The number of piperidine rings is 1. The molecule has 2 aliphatic rings. The van der Waals surface area contributed by atoms with Crippen molar-refractivity contribution in [3.63, 3.8) is 0 Å². The number of nitrogens with zero attached hydrogens (tertiary/aromatic N) is 2. The number of likely N-dealkylation sites (N-methyl/N-ethyl adjacent to an activating group) is 1. The third-order valence-corrected chi connectivity index (χ3v) is 5.75. The van der Waals surface area contributed by atoms with Gasteiger partial charge in [-0.3, -0.25) is 4.90 Å². The molecule has 0 radical (unpaired) electrons. The number of likely N-dealkylation sites (tertiary alicyclic amines) is 1. The second-order valence-corrected chi connectivity index (χ2v) is 7.76. The fourth-order valence-corrected chi connectivity index (χ4v) is 4.16. The fraction of sp³-hybridized carbons (Fsp3) is 0.700. The van der Waals surface area contributed by atoms with Crippen LogP contribution in [0.4, 0.5) is 0 Å². The summed E-state index contributed by atoms with van der Waals surface area (Å²) >= 11 is 0. The predicted molar refractivity (Wildman–Crippen MR) is 102 cm³/mol. The maximum atomic E-state index is 10.7. The summed E-state index contributed by atoms with van der Waals surface area (Å²) in [4.78, 5) is 4.50. The Kier molecular flexibility index (Phi) is 7.03. The van der Waals surface area contributed by atoms with Crippen molar-refractivity contribution >= 4 is 0 Å². The average molecular weight is 364 g/mol. The standard InChI is InChI=1S/C20H33N3O3/c1-22-10-8-16(9-11-22)21-12-17-19(20(25)18(14-24)26-17)23(2)13-15-6-4-3-5-7-15/h3-7,16-21,24-25H,8-14H2,1-2H3/t17-,18+,19-,20-/m1/s1. The summed E-state index contributed by atoms with van der Waals surface area (Å²) in [5.74, 6) is 0. The highest BCUT2D eigenvalue weighted by Crippen LogP contribution is 2.26. The molecule has 1 aromatic carbocycles. The van der Waals surface area contributed by atoms with Crippen molar-refractivity contribution in [2.75, 3.05) is 40.3 Å². The molecule has 2 saturated heterocycles. The molecule has 1 aromatic rings. The van der Waals surface area contributed by atoms with Gasteiger partial charge >= 0.3 is 0 Å². The van der Waals surface area contributed by atoms with Crippen molar-refractivity contribution in [1.82, 2.24) is 15.1 Å². The van der Waals surface area contributed by atoms with Crippen LogP contribution in [0.25, 0.3) is 0 Å². The molecule has 6 heteroatoms. The zero-order valence-corrected chi connectivity index (χ0v) is 15.9. The van der Waals surface area contributed by atoms with Crippen LogP contribution in [0, 0.1) is 0 Å². The molecule has 4 atom stereocenters. The van der Waals surface area contributed by atoms with E-state index in [4.69, 9.17) is 4.74 Å². The zero-order chi connectivity index (χ0) is 18.5. The van der Waals surface area contributed by atoms with Crippen LogP contribution < -0.4 is 5.32 Å². The van der Waals surface area contributed by atoms with Gasteiger partial charge in [-0.1, -0.05) is 30.3 Å². The van der Waals surface area contributed by atoms with Crippen LogP contribution >= 0.6 is 0 Å². The van der Waals surface area contributed by atoms with E-state index in [0.717, 1.165) is 32.5 Å². The van der Waals surface area contributed by atoms with Crippen LogP contribution in [0.5, 0.6) is 0 Å². The van der Waals surface area contributed by atoms with E-state index in [0.29, 0.717) is 12.6 Å². The van der Waals surface area contributed by atoms with Crippen LogP contribution in [0.2, 0.25) is 0 Å². The molecule has 146 valence electrons. The van der Waals surface area contributed by atoms with Crippen LogP contribution in [-0.2, 0) is 11.3 Å². The summed E-state index contributed by atoms with van der Waals surface area (Å²) in [5.41, 5.74) is 1.21. The van der Waals surface area contributed by atoms with Gasteiger partial charge in [-0.05, 0) is 45.6 Å². The van der Waals surface area contributed by atoms with E-state index in [9.17, 15) is 10.2 Å². The first-order chi connectivity index (χ1) is 12.6. The largest absolute Gasteiger partial charge is 0.394 e. The minimum atomic E-state index is -0.682. The number of benzene rings is 1. The normalized spacial score (nSPS) is 31.0. The Hall–Kier alpha value is -1.02. The first-order valence-electron chi connectivity index (χ1n) is 9.69. The summed E-state index contributed by atoms with van der Waals surface area (Å²) in [5, 5.41) is 23.9. The second-order valence-electron chi connectivity index (χ2n) is 7.76. The molecule has 0 spiro atoms. The van der Waals surface area contributed by atoms with Crippen LogP contribution in [0.1, 0.15) is 18.4 Å². The molecule has 2 fully saturated rings. The van der Waals surface area contributed by atoms with E-state index in [1.54, 1.807) is 0 Å². The highest BCUT2D eigenvalue weighted by molar-refractivity contribution is 5.15. The molecule has 0 aromatic heterocycles. The lowest BCUT2D eigenvalue weighted by Crippen LogP contribution is -2.50. The van der Waals surface area contributed by atoms with E-state index in [1.807, 2.05) is 25.2 Å². The van der Waals surface area contributed by atoms with Crippen molar-refractivity contribution in [2.24, 2.45) is 0 Å². The molecule has 26 heavy (non-hydrogen) atoms. The van der Waals surface area contributed by atoms with Gasteiger partial charge in [0.2, 0.25) is 0 Å². The van der Waals surface area contributed by atoms with E-state index < -0.39 is 12.2 Å². The van der Waals surface area contributed by atoms with Gasteiger partial charge in [0.1, 0.15) is 12.2 Å². The van der Waals surface area contributed by atoms with Gasteiger partial charge in [0.15, 0.2) is 0 Å². The molecule has 2 heterocycles. The Morgan fingerprint density at radius 1 is 1.19 bits per heavy atom. The van der Waals surface area contributed by atoms with Crippen LogP contribution in [0.15, 0.2) is 30.3 Å². The smallest absolute Gasteiger partial charge is 0.109 e. The third-order valence-electron chi connectivity index (χ3n) is 5.75. The number of aliphatic hydroxyl groups excluding tert-OH is 2. The van der Waals surface area contributed by atoms with Crippen LogP contribution in [-0.4, -0.2) is 90.7 Å². The van der Waals surface area contributed by atoms with Crippen LogP contribution in [0.3, 0.4) is 0 Å². The lowest BCUT2D eigenvalue weighted by atomic mass is 10.0. The Morgan fingerprint density at radius 2 is 1.88 bits per heavy atom.